The van der Waals surface area contributed by atoms with Gasteiger partial charge in [0.1, 0.15) is 0 Å². The number of methoxy groups -OCH3 is 1. The number of fused-ring (bicyclic) bond motifs is 2. The number of ether oxygens (including phenoxy) is 2. The summed E-state index contributed by atoms with van der Waals surface area (Å²) in [5.74, 6) is 0. The molecule has 12 heavy (non-hydrogen) atoms. The molecule has 0 spiro atoms. The maximum Gasteiger partial charge on any atom is 0.0733 e. The molecule has 2 rings (SSSR count). The van der Waals surface area contributed by atoms with E-state index in [9.17, 15) is 0 Å². The minimum Gasteiger partial charge on any atom is -0.383 e. The van der Waals surface area contributed by atoms with Crippen LogP contribution in [0.3, 0.4) is 0 Å². The first-order chi connectivity index (χ1) is 5.90. The highest BCUT2D eigenvalue weighted by Crippen LogP contribution is 2.34. The number of nitrogens with one attached hydrogen (secondary N) is 1. The van der Waals surface area contributed by atoms with Crippen molar-refractivity contribution in [3.05, 3.63) is 0 Å². The summed E-state index contributed by atoms with van der Waals surface area (Å²) in [5, 5.41) is 3.46. The standard InChI is InChI=1S/C9H17NO2/c1-11-5-4-10-8-6-7-2-3-9(8)12-7/h7-10H,2-6H2,1H3. The largest absolute Gasteiger partial charge is 0.383 e. The molecule has 0 aromatic rings. The van der Waals surface area contributed by atoms with Crippen LogP contribution in [0.1, 0.15) is 19.3 Å². The Hall–Kier alpha value is -0.120. The van der Waals surface area contributed by atoms with E-state index in [0.717, 1.165) is 13.2 Å². The number of rotatable bonds is 4. The zero-order valence-corrected chi connectivity index (χ0v) is 7.58. The van der Waals surface area contributed by atoms with Gasteiger partial charge in [-0.1, -0.05) is 0 Å². The molecule has 70 valence electrons. The van der Waals surface area contributed by atoms with E-state index in [1.165, 1.54) is 19.3 Å². The van der Waals surface area contributed by atoms with E-state index in [0.29, 0.717) is 18.2 Å². The molecule has 0 radical (unpaired) electrons. The summed E-state index contributed by atoms with van der Waals surface area (Å²) in [7, 11) is 1.74. The van der Waals surface area contributed by atoms with Gasteiger partial charge in [0.2, 0.25) is 0 Å². The van der Waals surface area contributed by atoms with E-state index in [2.05, 4.69) is 5.32 Å². The van der Waals surface area contributed by atoms with E-state index in [1.807, 2.05) is 0 Å². The Bertz CT molecular complexity index is 151. The van der Waals surface area contributed by atoms with Gasteiger partial charge < -0.3 is 14.8 Å². The van der Waals surface area contributed by atoms with Crippen molar-refractivity contribution < 1.29 is 9.47 Å². The van der Waals surface area contributed by atoms with Crippen molar-refractivity contribution >= 4 is 0 Å². The smallest absolute Gasteiger partial charge is 0.0733 e. The lowest BCUT2D eigenvalue weighted by Crippen LogP contribution is -2.39. The van der Waals surface area contributed by atoms with Crippen LogP contribution in [0.4, 0.5) is 0 Å². The lowest BCUT2D eigenvalue weighted by Gasteiger charge is -2.19. The minimum atomic E-state index is 0.492. The third-order valence-corrected chi connectivity index (χ3v) is 2.82. The summed E-state index contributed by atoms with van der Waals surface area (Å²) in [6.45, 7) is 1.75. The van der Waals surface area contributed by atoms with Crippen LogP contribution >= 0.6 is 0 Å². The average molecular weight is 171 g/mol. The van der Waals surface area contributed by atoms with Gasteiger partial charge in [-0.3, -0.25) is 0 Å². The van der Waals surface area contributed by atoms with Crippen molar-refractivity contribution in [2.75, 3.05) is 20.3 Å². The van der Waals surface area contributed by atoms with Gasteiger partial charge in [0, 0.05) is 19.7 Å². The Morgan fingerprint density at radius 3 is 3.00 bits per heavy atom. The summed E-state index contributed by atoms with van der Waals surface area (Å²) in [4.78, 5) is 0. The lowest BCUT2D eigenvalue weighted by molar-refractivity contribution is 0.0961. The molecule has 2 bridgehead atoms. The first kappa shape index (κ1) is 8.48. The van der Waals surface area contributed by atoms with Gasteiger partial charge in [-0.05, 0) is 19.3 Å². The molecule has 3 atom stereocenters. The van der Waals surface area contributed by atoms with E-state index in [4.69, 9.17) is 9.47 Å². The maximum atomic E-state index is 5.71. The highest BCUT2D eigenvalue weighted by Gasteiger charge is 2.40. The Labute approximate surface area is 73.4 Å². The van der Waals surface area contributed by atoms with Crippen LogP contribution in [-0.4, -0.2) is 38.5 Å². The van der Waals surface area contributed by atoms with Crippen LogP contribution in [0.5, 0.6) is 0 Å². The molecule has 2 heterocycles. The van der Waals surface area contributed by atoms with Crippen LogP contribution in [0.2, 0.25) is 0 Å². The maximum absolute atomic E-state index is 5.71. The summed E-state index contributed by atoms with van der Waals surface area (Å²) in [6.07, 6.45) is 4.76. The molecule has 0 saturated carbocycles. The van der Waals surface area contributed by atoms with Crippen molar-refractivity contribution in [3.63, 3.8) is 0 Å². The molecule has 2 aliphatic heterocycles. The van der Waals surface area contributed by atoms with Crippen molar-refractivity contribution in [2.24, 2.45) is 0 Å². The van der Waals surface area contributed by atoms with Crippen LogP contribution < -0.4 is 5.32 Å². The number of hydrogen-bond donors (Lipinski definition) is 1. The average Bonchev–Trinajstić information content (AvgIpc) is 2.65. The normalized spacial score (nSPS) is 39.2. The summed E-state index contributed by atoms with van der Waals surface area (Å²) >= 11 is 0. The lowest BCUT2D eigenvalue weighted by atomic mass is 9.96. The van der Waals surface area contributed by atoms with Gasteiger partial charge in [-0.2, -0.15) is 0 Å². The summed E-state index contributed by atoms with van der Waals surface area (Å²) < 4.78 is 10.7. The highest BCUT2D eigenvalue weighted by atomic mass is 16.5. The molecular formula is C9H17NO2. The molecule has 3 heteroatoms. The first-order valence-corrected chi connectivity index (χ1v) is 4.78. The highest BCUT2D eigenvalue weighted by molar-refractivity contribution is 4.93. The van der Waals surface area contributed by atoms with Gasteiger partial charge in [-0.25, -0.2) is 0 Å². The quantitative estimate of drug-likeness (QED) is 0.626. The first-order valence-electron chi connectivity index (χ1n) is 4.78. The molecule has 2 saturated heterocycles. The Kier molecular flexibility index (Phi) is 2.63. The van der Waals surface area contributed by atoms with Crippen LogP contribution in [0, 0.1) is 0 Å². The molecule has 0 amide bonds. The second-order valence-electron chi connectivity index (χ2n) is 3.66. The van der Waals surface area contributed by atoms with Crippen LogP contribution in [-0.2, 0) is 9.47 Å². The van der Waals surface area contributed by atoms with Crippen molar-refractivity contribution in [1.82, 2.24) is 5.32 Å². The SMILES string of the molecule is COCCNC1CC2CCC1O2. The fraction of sp³-hybridized carbons (Fsp3) is 1.00. The van der Waals surface area contributed by atoms with Crippen LogP contribution in [0.15, 0.2) is 0 Å². The van der Waals surface area contributed by atoms with Crippen molar-refractivity contribution in [2.45, 2.75) is 37.5 Å². The topological polar surface area (TPSA) is 30.5 Å². The van der Waals surface area contributed by atoms with Gasteiger partial charge in [0.15, 0.2) is 0 Å². The Morgan fingerprint density at radius 1 is 1.50 bits per heavy atom. The Balaban J connectivity index is 1.69. The monoisotopic (exact) mass is 171 g/mol. The van der Waals surface area contributed by atoms with E-state index in [1.54, 1.807) is 7.11 Å². The predicted octanol–water partition coefficient (Wildman–Crippen LogP) is 0.542. The van der Waals surface area contributed by atoms with E-state index >= 15 is 0 Å². The molecular weight excluding hydrogens is 154 g/mol. The zero-order chi connectivity index (χ0) is 8.39. The fourth-order valence-corrected chi connectivity index (χ4v) is 2.20. The molecule has 3 unspecified atom stereocenters. The molecule has 1 N–H and O–H groups in total. The van der Waals surface area contributed by atoms with E-state index < -0.39 is 0 Å². The summed E-state index contributed by atoms with van der Waals surface area (Å²) in [5.41, 5.74) is 0. The second-order valence-corrected chi connectivity index (χ2v) is 3.66. The number of hydrogen-bond acceptors (Lipinski definition) is 3. The molecule has 0 aromatic heterocycles. The fourth-order valence-electron chi connectivity index (χ4n) is 2.20. The van der Waals surface area contributed by atoms with E-state index in [-0.39, 0.29) is 0 Å². The summed E-state index contributed by atoms with van der Waals surface area (Å²) in [6, 6.07) is 0.596. The zero-order valence-electron chi connectivity index (χ0n) is 7.58. The molecule has 2 aliphatic rings. The molecule has 0 aromatic carbocycles. The van der Waals surface area contributed by atoms with Crippen molar-refractivity contribution in [1.29, 1.82) is 0 Å². The molecule has 3 nitrogen and oxygen atoms in total. The van der Waals surface area contributed by atoms with Gasteiger partial charge in [0.05, 0.1) is 18.8 Å². The second kappa shape index (κ2) is 3.73. The van der Waals surface area contributed by atoms with Gasteiger partial charge in [-0.15, -0.1) is 0 Å². The predicted molar refractivity (Wildman–Crippen MR) is 46.2 cm³/mol. The third kappa shape index (κ3) is 1.63. The minimum absolute atomic E-state index is 0.492. The van der Waals surface area contributed by atoms with Crippen molar-refractivity contribution in [3.8, 4) is 0 Å². The molecule has 0 aliphatic carbocycles. The Morgan fingerprint density at radius 2 is 2.42 bits per heavy atom. The van der Waals surface area contributed by atoms with Gasteiger partial charge >= 0.3 is 0 Å². The third-order valence-electron chi connectivity index (χ3n) is 2.82. The molecule has 2 fully saturated rings. The van der Waals surface area contributed by atoms with Crippen LogP contribution in [0.25, 0.3) is 0 Å². The van der Waals surface area contributed by atoms with Gasteiger partial charge in [0.25, 0.3) is 0 Å².